The summed E-state index contributed by atoms with van der Waals surface area (Å²) >= 11 is 0. The van der Waals surface area contributed by atoms with E-state index in [0.717, 1.165) is 57.2 Å². The number of rotatable bonds is 4. The number of hydrogen-bond donors (Lipinski definition) is 0. The Hall–Kier alpha value is -2.02. The fourth-order valence-electron chi connectivity index (χ4n) is 4.19. The van der Waals surface area contributed by atoms with Crippen LogP contribution in [0.25, 0.3) is 0 Å². The monoisotopic (exact) mass is 358 g/mol. The quantitative estimate of drug-likeness (QED) is 0.841. The van der Waals surface area contributed by atoms with E-state index in [1.54, 1.807) is 12.3 Å². The van der Waals surface area contributed by atoms with Gasteiger partial charge in [0.15, 0.2) is 5.82 Å². The molecule has 0 bridgehead atoms. The summed E-state index contributed by atoms with van der Waals surface area (Å²) in [7, 11) is 2.09. The molecular weight excluding hydrogens is 331 g/mol. The van der Waals surface area contributed by atoms with Crippen LogP contribution < -0.4 is 4.90 Å². The minimum atomic E-state index is -0.242. The highest BCUT2D eigenvalue weighted by atomic mass is 19.1. The molecule has 7 heteroatoms. The summed E-state index contributed by atoms with van der Waals surface area (Å²) in [5.41, 5.74) is 0.655. The zero-order valence-corrected chi connectivity index (χ0v) is 15.4. The Kier molecular flexibility index (Phi) is 5.15. The predicted octanol–water partition coefficient (Wildman–Crippen LogP) is 2.72. The Balaban J connectivity index is 1.39. The van der Waals surface area contributed by atoms with E-state index in [2.05, 4.69) is 36.6 Å². The molecule has 0 atom stereocenters. The van der Waals surface area contributed by atoms with Crippen LogP contribution >= 0.6 is 0 Å². The normalized spacial score (nSPS) is 19.8. The Morgan fingerprint density at radius 2 is 1.85 bits per heavy atom. The fourth-order valence-corrected chi connectivity index (χ4v) is 4.19. The molecule has 2 saturated heterocycles. The molecule has 0 amide bonds. The van der Waals surface area contributed by atoms with Gasteiger partial charge in [0.1, 0.15) is 11.6 Å². The van der Waals surface area contributed by atoms with Gasteiger partial charge in [0.25, 0.3) is 0 Å². The van der Waals surface area contributed by atoms with Gasteiger partial charge >= 0.3 is 0 Å². The molecule has 2 aromatic rings. The van der Waals surface area contributed by atoms with E-state index < -0.39 is 0 Å². The van der Waals surface area contributed by atoms with Crippen LogP contribution in [-0.2, 0) is 13.6 Å². The highest BCUT2D eigenvalue weighted by Crippen LogP contribution is 2.30. The zero-order chi connectivity index (χ0) is 17.9. The lowest BCUT2D eigenvalue weighted by Gasteiger charge is -2.33. The molecule has 4 rings (SSSR count). The van der Waals surface area contributed by atoms with Crippen molar-refractivity contribution in [3.05, 3.63) is 35.9 Å². The van der Waals surface area contributed by atoms with Gasteiger partial charge in [-0.25, -0.2) is 4.39 Å². The van der Waals surface area contributed by atoms with Crippen LogP contribution in [0, 0.1) is 5.82 Å². The third-order valence-electron chi connectivity index (χ3n) is 5.76. The van der Waals surface area contributed by atoms with Gasteiger partial charge < -0.3 is 9.47 Å². The van der Waals surface area contributed by atoms with Crippen LogP contribution in [0.2, 0.25) is 0 Å². The molecule has 2 fully saturated rings. The number of nitrogens with zero attached hydrogens (tertiary/aromatic N) is 6. The van der Waals surface area contributed by atoms with Crippen molar-refractivity contribution in [1.29, 1.82) is 0 Å². The minimum Gasteiger partial charge on any atom is -0.369 e. The van der Waals surface area contributed by atoms with Gasteiger partial charge in [-0.1, -0.05) is 6.42 Å². The maximum atomic E-state index is 13.9. The summed E-state index contributed by atoms with van der Waals surface area (Å²) in [6, 6.07) is 1.76. The van der Waals surface area contributed by atoms with Crippen molar-refractivity contribution in [2.24, 2.45) is 7.05 Å². The second-order valence-corrected chi connectivity index (χ2v) is 7.46. The lowest BCUT2D eigenvalue weighted by molar-refractivity contribution is 0.213. The van der Waals surface area contributed by atoms with Gasteiger partial charge in [0, 0.05) is 32.3 Å². The molecular formula is C19H27FN6. The van der Waals surface area contributed by atoms with Gasteiger partial charge in [-0.15, -0.1) is 10.2 Å². The van der Waals surface area contributed by atoms with E-state index in [0.29, 0.717) is 11.6 Å². The number of anilines is 1. The molecule has 0 N–H and O–H groups in total. The van der Waals surface area contributed by atoms with Gasteiger partial charge in [-0.3, -0.25) is 9.88 Å². The number of aromatic nitrogens is 4. The highest BCUT2D eigenvalue weighted by Gasteiger charge is 2.26. The van der Waals surface area contributed by atoms with Gasteiger partial charge in [-0.2, -0.15) is 0 Å². The molecule has 0 aromatic carbocycles. The summed E-state index contributed by atoms with van der Waals surface area (Å²) in [6.45, 7) is 4.89. The summed E-state index contributed by atoms with van der Waals surface area (Å²) in [6.07, 6.45) is 8.80. The first kappa shape index (κ1) is 17.4. The molecule has 0 saturated carbocycles. The molecule has 2 aliphatic heterocycles. The Morgan fingerprint density at radius 1 is 1.08 bits per heavy atom. The average molecular weight is 358 g/mol. The van der Waals surface area contributed by atoms with Crippen molar-refractivity contribution in [2.45, 2.75) is 44.6 Å². The van der Waals surface area contributed by atoms with Crippen LogP contribution in [0.15, 0.2) is 18.5 Å². The van der Waals surface area contributed by atoms with E-state index in [1.165, 1.54) is 25.5 Å². The maximum Gasteiger partial charge on any atom is 0.164 e. The lowest BCUT2D eigenvalue weighted by atomic mass is 9.95. The van der Waals surface area contributed by atoms with Crippen LogP contribution in [0.1, 0.15) is 49.7 Å². The van der Waals surface area contributed by atoms with Crippen LogP contribution in [0.5, 0.6) is 0 Å². The smallest absolute Gasteiger partial charge is 0.164 e. The summed E-state index contributed by atoms with van der Waals surface area (Å²) in [5, 5.41) is 8.97. The third kappa shape index (κ3) is 3.58. The topological polar surface area (TPSA) is 50.1 Å². The number of likely N-dealkylation sites (tertiary alicyclic amines) is 1. The molecule has 140 valence electrons. The largest absolute Gasteiger partial charge is 0.369 e. The van der Waals surface area contributed by atoms with Crippen molar-refractivity contribution in [3.63, 3.8) is 0 Å². The van der Waals surface area contributed by atoms with Gasteiger partial charge in [-0.05, 0) is 44.8 Å². The molecule has 0 spiro atoms. The first-order valence-electron chi connectivity index (χ1n) is 9.67. The van der Waals surface area contributed by atoms with Crippen molar-refractivity contribution in [3.8, 4) is 0 Å². The van der Waals surface area contributed by atoms with Crippen LogP contribution in [-0.4, -0.2) is 50.8 Å². The molecule has 0 radical (unpaired) electrons. The van der Waals surface area contributed by atoms with Crippen LogP contribution in [0.3, 0.4) is 0 Å². The molecule has 4 heterocycles. The van der Waals surface area contributed by atoms with Crippen molar-refractivity contribution in [1.82, 2.24) is 24.6 Å². The minimum absolute atomic E-state index is 0.242. The SMILES string of the molecule is Cn1c(CN2CCCCC2)nnc1C1CCN(c2ccncc2F)CC1. The van der Waals surface area contributed by atoms with Gasteiger partial charge in [0.05, 0.1) is 18.4 Å². The summed E-state index contributed by atoms with van der Waals surface area (Å²) in [4.78, 5) is 8.43. The van der Waals surface area contributed by atoms with E-state index in [-0.39, 0.29) is 5.82 Å². The highest BCUT2D eigenvalue weighted by molar-refractivity contribution is 5.46. The first-order chi connectivity index (χ1) is 12.7. The lowest BCUT2D eigenvalue weighted by Crippen LogP contribution is -2.34. The molecule has 2 aliphatic rings. The van der Waals surface area contributed by atoms with E-state index >= 15 is 0 Å². The molecule has 6 nitrogen and oxygen atoms in total. The summed E-state index contributed by atoms with van der Waals surface area (Å²) < 4.78 is 16.1. The number of pyridine rings is 1. The molecule has 26 heavy (non-hydrogen) atoms. The maximum absolute atomic E-state index is 13.9. The second kappa shape index (κ2) is 7.70. The summed E-state index contributed by atoms with van der Waals surface area (Å²) in [5.74, 6) is 2.29. The van der Waals surface area contributed by atoms with Crippen LogP contribution in [0.4, 0.5) is 10.1 Å². The van der Waals surface area contributed by atoms with E-state index in [1.807, 2.05) is 0 Å². The predicted molar refractivity (Wildman–Crippen MR) is 98.5 cm³/mol. The van der Waals surface area contributed by atoms with E-state index in [4.69, 9.17) is 0 Å². The Morgan fingerprint density at radius 3 is 2.58 bits per heavy atom. The fraction of sp³-hybridized carbons (Fsp3) is 0.632. The average Bonchev–Trinajstić information content (AvgIpc) is 3.04. The number of piperidine rings is 2. The van der Waals surface area contributed by atoms with Crippen molar-refractivity contribution >= 4 is 5.69 Å². The third-order valence-corrected chi connectivity index (χ3v) is 5.76. The Labute approximate surface area is 154 Å². The first-order valence-corrected chi connectivity index (χ1v) is 9.67. The molecule has 0 unspecified atom stereocenters. The number of hydrogen-bond acceptors (Lipinski definition) is 5. The van der Waals surface area contributed by atoms with Crippen molar-refractivity contribution in [2.75, 3.05) is 31.1 Å². The zero-order valence-electron chi connectivity index (χ0n) is 15.4. The second-order valence-electron chi connectivity index (χ2n) is 7.46. The Bertz CT molecular complexity index is 731. The number of halogens is 1. The van der Waals surface area contributed by atoms with E-state index in [9.17, 15) is 4.39 Å². The standard InChI is InChI=1S/C19H27FN6/c1-24-18(14-25-9-3-2-4-10-25)22-23-19(24)15-6-11-26(12-7-15)17-5-8-21-13-16(17)20/h5,8,13,15H,2-4,6-7,9-12,14H2,1H3. The van der Waals surface area contributed by atoms with Crippen molar-refractivity contribution < 1.29 is 4.39 Å². The molecule has 2 aromatic heterocycles. The molecule has 0 aliphatic carbocycles. The van der Waals surface area contributed by atoms with Gasteiger partial charge in [0.2, 0.25) is 0 Å².